The molecule has 1 aliphatic rings. The highest BCUT2D eigenvalue weighted by Crippen LogP contribution is 2.23. The molecule has 0 aromatic rings. The van der Waals surface area contributed by atoms with E-state index in [1.165, 1.54) is 212 Å². The summed E-state index contributed by atoms with van der Waals surface area (Å²) in [5.41, 5.74) is 0. The Bertz CT molecular complexity index is 1140. The molecular weight excluding hydrogens is 853 g/mol. The van der Waals surface area contributed by atoms with Gasteiger partial charge in [0.15, 0.2) is 6.29 Å². The summed E-state index contributed by atoms with van der Waals surface area (Å²) in [5, 5.41) is 40.4. The Hall–Kier alpha value is -1.59. The number of carbonyl (C=O) groups is 1. The summed E-state index contributed by atoms with van der Waals surface area (Å²) in [7, 11) is 0. The van der Waals surface area contributed by atoms with E-state index in [-0.39, 0.29) is 19.2 Å². The van der Waals surface area contributed by atoms with Crippen LogP contribution in [0.1, 0.15) is 271 Å². The molecule has 4 N–H and O–H groups in total. The van der Waals surface area contributed by atoms with Gasteiger partial charge < -0.3 is 39.4 Å². The van der Waals surface area contributed by atoms with Crippen LogP contribution in [0.25, 0.3) is 0 Å². The number of aliphatic hydroxyl groups is 4. The van der Waals surface area contributed by atoms with Gasteiger partial charge in [0.2, 0.25) is 0 Å². The Morgan fingerprint density at radius 2 is 0.853 bits per heavy atom. The molecule has 68 heavy (non-hydrogen) atoms. The second kappa shape index (κ2) is 50.4. The standard InChI is InChI=1S/C59H110O9/c1-3-5-7-9-11-13-15-17-19-21-23-25-27-28-30-32-34-36-38-40-42-44-46-48-55(61)67-53(52-66-59-58(64)57(63)56(62)54(50-60)68-59)51-65-49-47-45-43-41-39-37-35-33-31-29-26-24-22-20-18-16-14-12-10-8-6-4-2/h16,18,21-24,53-54,56-60,62-64H,3-15,17,19-20,25-52H2,1-2H3/b18-16-,23-21-,24-22-. The van der Waals surface area contributed by atoms with E-state index in [0.29, 0.717) is 13.0 Å². The largest absolute Gasteiger partial charge is 0.457 e. The molecule has 9 nitrogen and oxygen atoms in total. The molecular formula is C59H110O9. The predicted molar refractivity (Wildman–Crippen MR) is 284 cm³/mol. The number of esters is 1. The van der Waals surface area contributed by atoms with Crippen LogP contribution in [0, 0.1) is 0 Å². The van der Waals surface area contributed by atoms with Gasteiger partial charge in [-0.05, 0) is 70.6 Å². The van der Waals surface area contributed by atoms with Crippen LogP contribution in [0.4, 0.5) is 0 Å². The van der Waals surface area contributed by atoms with Gasteiger partial charge in [0, 0.05) is 13.0 Å². The summed E-state index contributed by atoms with van der Waals surface area (Å²) in [6, 6.07) is 0. The van der Waals surface area contributed by atoms with Crippen LogP contribution in [-0.2, 0) is 23.7 Å². The third-order valence-electron chi connectivity index (χ3n) is 13.5. The number of allylic oxidation sites excluding steroid dienone is 6. The van der Waals surface area contributed by atoms with Crippen molar-refractivity contribution in [3.63, 3.8) is 0 Å². The minimum Gasteiger partial charge on any atom is -0.457 e. The van der Waals surface area contributed by atoms with Crippen molar-refractivity contribution in [3.05, 3.63) is 36.5 Å². The lowest BCUT2D eigenvalue weighted by atomic mass is 9.99. The zero-order chi connectivity index (χ0) is 49.2. The maximum absolute atomic E-state index is 12.9. The Labute approximate surface area is 419 Å². The average molecular weight is 964 g/mol. The van der Waals surface area contributed by atoms with E-state index < -0.39 is 43.4 Å². The van der Waals surface area contributed by atoms with Gasteiger partial charge in [0.1, 0.15) is 30.5 Å². The lowest BCUT2D eigenvalue weighted by molar-refractivity contribution is -0.305. The molecule has 1 saturated heterocycles. The first-order chi connectivity index (χ1) is 33.4. The lowest BCUT2D eigenvalue weighted by Crippen LogP contribution is -2.59. The molecule has 0 aliphatic carbocycles. The summed E-state index contributed by atoms with van der Waals surface area (Å²) >= 11 is 0. The second-order valence-electron chi connectivity index (χ2n) is 20.1. The fourth-order valence-electron chi connectivity index (χ4n) is 8.99. The molecule has 0 spiro atoms. The highest BCUT2D eigenvalue weighted by molar-refractivity contribution is 5.69. The monoisotopic (exact) mass is 963 g/mol. The molecule has 0 radical (unpaired) electrons. The summed E-state index contributed by atoms with van der Waals surface area (Å²) in [6.45, 7) is 4.59. The van der Waals surface area contributed by atoms with Crippen LogP contribution in [0.2, 0.25) is 0 Å². The Kier molecular flexibility index (Phi) is 47.7. The fourth-order valence-corrected chi connectivity index (χ4v) is 8.99. The second-order valence-corrected chi connectivity index (χ2v) is 20.1. The first kappa shape index (κ1) is 64.4. The average Bonchev–Trinajstić information content (AvgIpc) is 3.34. The zero-order valence-electron chi connectivity index (χ0n) is 44.4. The first-order valence-electron chi connectivity index (χ1n) is 29.1. The maximum atomic E-state index is 12.9. The summed E-state index contributed by atoms with van der Waals surface area (Å²) in [5.74, 6) is -0.311. The number of unbranched alkanes of at least 4 members (excludes halogenated alkanes) is 34. The smallest absolute Gasteiger partial charge is 0.306 e. The van der Waals surface area contributed by atoms with Crippen molar-refractivity contribution in [2.75, 3.05) is 26.4 Å². The Balaban J connectivity index is 2.15. The lowest BCUT2D eigenvalue weighted by Gasteiger charge is -2.39. The first-order valence-corrected chi connectivity index (χ1v) is 29.1. The summed E-state index contributed by atoms with van der Waals surface area (Å²) < 4.78 is 23.0. The number of rotatable bonds is 51. The number of hydrogen-bond donors (Lipinski definition) is 4. The van der Waals surface area contributed by atoms with Crippen molar-refractivity contribution < 1.29 is 44.2 Å². The number of ether oxygens (including phenoxy) is 4. The van der Waals surface area contributed by atoms with Gasteiger partial charge in [0.25, 0.3) is 0 Å². The van der Waals surface area contributed by atoms with E-state index in [2.05, 4.69) is 50.3 Å². The molecule has 0 aromatic heterocycles. The van der Waals surface area contributed by atoms with Gasteiger partial charge in [-0.2, -0.15) is 0 Å². The molecule has 0 saturated carbocycles. The van der Waals surface area contributed by atoms with E-state index in [1.807, 2.05) is 0 Å². The molecule has 1 fully saturated rings. The highest BCUT2D eigenvalue weighted by Gasteiger charge is 2.44. The SMILES string of the molecule is CCCCCCC/C=C\C/C=C\CCCCCCCCCCCCOCC(COC1OC(CO)C(O)C(O)C1O)OC(=O)CCCCCCCCCCCCC/C=C\CCCCCCCCCC. The highest BCUT2D eigenvalue weighted by atomic mass is 16.7. The quantitative estimate of drug-likeness (QED) is 0.0267. The third-order valence-corrected chi connectivity index (χ3v) is 13.5. The fraction of sp³-hybridized carbons (Fsp3) is 0.881. The molecule has 6 atom stereocenters. The van der Waals surface area contributed by atoms with E-state index in [9.17, 15) is 25.2 Å². The van der Waals surface area contributed by atoms with Gasteiger partial charge in [-0.1, -0.05) is 230 Å². The Morgan fingerprint density at radius 1 is 0.471 bits per heavy atom. The molecule has 0 amide bonds. The van der Waals surface area contributed by atoms with Crippen molar-refractivity contribution in [1.29, 1.82) is 0 Å². The Morgan fingerprint density at radius 3 is 1.28 bits per heavy atom. The minimum absolute atomic E-state index is 0.113. The molecule has 6 unspecified atom stereocenters. The van der Waals surface area contributed by atoms with E-state index in [4.69, 9.17) is 18.9 Å². The number of aliphatic hydroxyl groups excluding tert-OH is 4. The molecule has 1 heterocycles. The van der Waals surface area contributed by atoms with Crippen molar-refractivity contribution in [3.8, 4) is 0 Å². The van der Waals surface area contributed by atoms with Gasteiger partial charge in [0.05, 0.1) is 19.8 Å². The molecule has 0 bridgehead atoms. The number of carbonyl (C=O) groups excluding carboxylic acids is 1. The van der Waals surface area contributed by atoms with Gasteiger partial charge in [-0.15, -0.1) is 0 Å². The number of hydrogen-bond acceptors (Lipinski definition) is 9. The topological polar surface area (TPSA) is 135 Å². The third kappa shape index (κ3) is 40.1. The molecule has 1 aliphatic heterocycles. The van der Waals surface area contributed by atoms with Crippen LogP contribution in [0.5, 0.6) is 0 Å². The van der Waals surface area contributed by atoms with Crippen LogP contribution >= 0.6 is 0 Å². The van der Waals surface area contributed by atoms with Gasteiger partial charge in [-0.25, -0.2) is 0 Å². The summed E-state index contributed by atoms with van der Waals surface area (Å²) in [6.07, 6.45) is 56.2. The van der Waals surface area contributed by atoms with E-state index >= 15 is 0 Å². The normalized spacial score (nSPS) is 19.3. The van der Waals surface area contributed by atoms with E-state index in [1.54, 1.807) is 0 Å². The van der Waals surface area contributed by atoms with Crippen LogP contribution in [-0.4, -0.2) is 89.6 Å². The van der Waals surface area contributed by atoms with Crippen LogP contribution in [0.3, 0.4) is 0 Å². The molecule has 1 rings (SSSR count). The van der Waals surface area contributed by atoms with Crippen molar-refractivity contribution >= 4 is 5.97 Å². The minimum atomic E-state index is -1.54. The maximum Gasteiger partial charge on any atom is 0.306 e. The molecule has 9 heteroatoms. The summed E-state index contributed by atoms with van der Waals surface area (Å²) in [4.78, 5) is 12.9. The molecule has 400 valence electrons. The zero-order valence-corrected chi connectivity index (χ0v) is 44.4. The van der Waals surface area contributed by atoms with Crippen molar-refractivity contribution in [1.82, 2.24) is 0 Å². The van der Waals surface area contributed by atoms with Gasteiger partial charge in [-0.3, -0.25) is 4.79 Å². The van der Waals surface area contributed by atoms with Crippen LogP contribution in [0.15, 0.2) is 36.5 Å². The van der Waals surface area contributed by atoms with Gasteiger partial charge >= 0.3 is 5.97 Å². The van der Waals surface area contributed by atoms with E-state index in [0.717, 1.165) is 38.5 Å². The van der Waals surface area contributed by atoms with Crippen molar-refractivity contribution in [2.45, 2.75) is 307 Å². The van der Waals surface area contributed by atoms with Crippen molar-refractivity contribution in [2.24, 2.45) is 0 Å². The molecule has 0 aromatic carbocycles. The predicted octanol–water partition coefficient (Wildman–Crippen LogP) is 15.0. The van der Waals surface area contributed by atoms with Crippen LogP contribution < -0.4 is 0 Å².